The van der Waals surface area contributed by atoms with Crippen LogP contribution in [0.15, 0.2) is 47.4 Å². The second kappa shape index (κ2) is 29.3. The van der Waals surface area contributed by atoms with Crippen molar-refractivity contribution in [2.75, 3.05) is 13.2 Å². The Hall–Kier alpha value is -0.814. The van der Waals surface area contributed by atoms with Crippen LogP contribution in [-0.4, -0.2) is 38.1 Å². The van der Waals surface area contributed by atoms with Crippen molar-refractivity contribution in [1.82, 2.24) is 0 Å². The van der Waals surface area contributed by atoms with Crippen molar-refractivity contribution in [3.8, 4) is 0 Å². The van der Waals surface area contributed by atoms with E-state index in [-0.39, 0.29) is 70.2 Å². The van der Waals surface area contributed by atoms with Gasteiger partial charge in [-0.05, 0) is 89.2 Å². The molecule has 0 N–H and O–H groups in total. The first-order chi connectivity index (χ1) is 21.3. The quantitative estimate of drug-likeness (QED) is 0.0330. The van der Waals surface area contributed by atoms with E-state index in [1.54, 1.807) is 0 Å². The molecule has 0 heterocycles. The van der Waals surface area contributed by atoms with Gasteiger partial charge in [-0.25, -0.2) is 18.0 Å². The third-order valence-corrected chi connectivity index (χ3v) is 8.38. The summed E-state index contributed by atoms with van der Waals surface area (Å²) in [4.78, 5) is 24.9. The Balaban J connectivity index is 0.0000194. The average Bonchev–Trinajstić information content (AvgIpc) is 3.00. The molecule has 250 valence electrons. The van der Waals surface area contributed by atoms with Gasteiger partial charge in [0, 0.05) is 0 Å². The number of hydrogen-bond donors (Lipinski definition) is 0. The van der Waals surface area contributed by atoms with Crippen LogP contribution in [0.25, 0.3) is 0 Å². The van der Waals surface area contributed by atoms with Crippen molar-refractivity contribution < 1.29 is 83.4 Å². The smallest absolute Gasteiger partial charge is 0.744 e. The zero-order chi connectivity index (χ0) is 32.3. The zero-order valence-corrected chi connectivity index (χ0v) is 32.3. The topological polar surface area (TPSA) is 110 Å². The van der Waals surface area contributed by atoms with Crippen molar-refractivity contribution in [3.05, 3.63) is 53.6 Å². The summed E-state index contributed by atoms with van der Waals surface area (Å²) in [5.74, 6) is -1.85. The predicted octanol–water partition coefficient (Wildman–Crippen LogP) is 6.86. The first-order valence-electron chi connectivity index (χ1n) is 17.1. The molecule has 0 radical (unpaired) electrons. The van der Waals surface area contributed by atoms with Gasteiger partial charge in [0.2, 0.25) is 0 Å². The standard InChI is InChI=1S/C36H58O7S.K/c1-3-5-7-9-11-13-15-17-19-21-23-25-30-42-35(37)32-28-27-29-33(44(39,40)41)34(32)36(38)43-31-26-24-22-20-18-16-14-12-10-8-6-4-2;/h15-18,27-29H,3-14,19-26,30-31H2,1-2H3,(H,39,40,41);/q;+1/p-1/b17-15+,18-16+;. The summed E-state index contributed by atoms with van der Waals surface area (Å²) in [5.41, 5.74) is -0.817. The molecule has 1 aromatic rings. The molecule has 0 saturated carbocycles. The zero-order valence-electron chi connectivity index (χ0n) is 28.4. The average molecular weight is 673 g/mol. The minimum absolute atomic E-state index is 0. The van der Waals surface area contributed by atoms with Crippen LogP contribution in [0.4, 0.5) is 0 Å². The number of unbranched alkanes of at least 4 members (excludes halogenated alkanes) is 16. The van der Waals surface area contributed by atoms with Crippen molar-refractivity contribution >= 4 is 22.1 Å². The van der Waals surface area contributed by atoms with Gasteiger partial charge in [-0.3, -0.25) is 0 Å². The van der Waals surface area contributed by atoms with Crippen LogP contribution in [0.3, 0.4) is 0 Å². The minimum atomic E-state index is -5.01. The van der Waals surface area contributed by atoms with Gasteiger partial charge in [0.1, 0.15) is 10.1 Å². The minimum Gasteiger partial charge on any atom is -0.744 e. The summed E-state index contributed by atoms with van der Waals surface area (Å²) < 4.78 is 46.3. The largest absolute Gasteiger partial charge is 1.00 e. The number of carbonyl (C=O) groups excluding carboxylic acids is 2. The Bertz CT molecular complexity index is 1080. The monoisotopic (exact) mass is 672 g/mol. The van der Waals surface area contributed by atoms with Crippen molar-refractivity contribution in [1.29, 1.82) is 0 Å². The van der Waals surface area contributed by atoms with Gasteiger partial charge in [-0.2, -0.15) is 0 Å². The van der Waals surface area contributed by atoms with Gasteiger partial charge in [0.25, 0.3) is 0 Å². The molecule has 0 unspecified atom stereocenters. The fourth-order valence-electron chi connectivity index (χ4n) is 4.88. The van der Waals surface area contributed by atoms with Crippen LogP contribution >= 0.6 is 0 Å². The number of allylic oxidation sites excluding steroid dienone is 4. The molecule has 9 heteroatoms. The number of hydrogen-bond acceptors (Lipinski definition) is 7. The Morgan fingerprint density at radius 3 is 1.44 bits per heavy atom. The van der Waals surface area contributed by atoms with E-state index >= 15 is 0 Å². The Morgan fingerprint density at radius 1 is 0.622 bits per heavy atom. The van der Waals surface area contributed by atoms with Crippen LogP contribution < -0.4 is 51.4 Å². The molecule has 45 heavy (non-hydrogen) atoms. The van der Waals surface area contributed by atoms with E-state index in [2.05, 4.69) is 38.2 Å². The van der Waals surface area contributed by atoms with Crippen molar-refractivity contribution in [2.45, 2.75) is 147 Å². The second-order valence-corrected chi connectivity index (χ2v) is 12.8. The fourth-order valence-corrected chi connectivity index (χ4v) is 5.57. The van der Waals surface area contributed by atoms with Crippen LogP contribution in [0.5, 0.6) is 0 Å². The number of ether oxygens (including phenoxy) is 2. The summed E-state index contributed by atoms with van der Waals surface area (Å²) in [6.45, 7) is 4.63. The molecule has 1 aromatic carbocycles. The molecule has 7 nitrogen and oxygen atoms in total. The van der Waals surface area contributed by atoms with E-state index in [0.29, 0.717) is 12.8 Å². The number of carbonyl (C=O) groups is 2. The maximum absolute atomic E-state index is 12.9. The third-order valence-electron chi connectivity index (χ3n) is 7.50. The van der Waals surface area contributed by atoms with Crippen LogP contribution in [0.1, 0.15) is 163 Å². The maximum Gasteiger partial charge on any atom is 1.00 e. The molecule has 0 aliphatic carbocycles. The van der Waals surface area contributed by atoms with Gasteiger partial charge < -0.3 is 14.0 Å². The first-order valence-corrected chi connectivity index (χ1v) is 18.5. The molecular formula is C36H57KO7S. The summed E-state index contributed by atoms with van der Waals surface area (Å²) in [6.07, 6.45) is 30.6. The van der Waals surface area contributed by atoms with E-state index in [1.165, 1.54) is 76.3 Å². The van der Waals surface area contributed by atoms with Gasteiger partial charge in [0.05, 0.1) is 29.2 Å². The normalized spacial score (nSPS) is 11.6. The molecular weight excluding hydrogens is 616 g/mol. The molecule has 0 aromatic heterocycles. The van der Waals surface area contributed by atoms with Crippen molar-refractivity contribution in [3.63, 3.8) is 0 Å². The molecule has 0 aliphatic heterocycles. The van der Waals surface area contributed by atoms with Crippen LogP contribution in [0.2, 0.25) is 0 Å². The van der Waals surface area contributed by atoms with E-state index in [4.69, 9.17) is 9.47 Å². The molecule has 0 aliphatic rings. The van der Waals surface area contributed by atoms with E-state index in [1.807, 2.05) is 0 Å². The molecule has 0 spiro atoms. The van der Waals surface area contributed by atoms with E-state index in [9.17, 15) is 22.6 Å². The number of rotatable bonds is 27. The Morgan fingerprint density at radius 2 is 1.02 bits per heavy atom. The molecule has 0 fully saturated rings. The summed E-state index contributed by atoms with van der Waals surface area (Å²) >= 11 is 0. The van der Waals surface area contributed by atoms with Crippen LogP contribution in [-0.2, 0) is 19.6 Å². The predicted molar refractivity (Wildman–Crippen MR) is 177 cm³/mol. The van der Waals surface area contributed by atoms with Crippen LogP contribution in [0, 0.1) is 0 Å². The molecule has 1 rings (SSSR count). The molecule has 0 bridgehead atoms. The Kier molecular flexibility index (Phi) is 28.8. The van der Waals surface area contributed by atoms with E-state index < -0.39 is 32.5 Å². The second-order valence-electron chi connectivity index (χ2n) is 11.5. The van der Waals surface area contributed by atoms with E-state index in [0.717, 1.165) is 57.4 Å². The number of esters is 2. The molecule has 0 atom stereocenters. The summed E-state index contributed by atoms with van der Waals surface area (Å²) in [7, 11) is -5.01. The first kappa shape index (κ1) is 44.2. The SMILES string of the molecule is CCCCCCC/C=C/CCCCCOC(=O)c1cccc(S(=O)(=O)[O-])c1C(=O)OCCCCC/C=C/CCCCCCC.[K+]. The summed E-state index contributed by atoms with van der Waals surface area (Å²) in [6, 6.07) is 3.56. The van der Waals surface area contributed by atoms with Gasteiger partial charge in [-0.15, -0.1) is 0 Å². The number of benzene rings is 1. The summed E-state index contributed by atoms with van der Waals surface area (Å²) in [5, 5.41) is 0. The Labute approximate surface area is 316 Å². The van der Waals surface area contributed by atoms with Crippen molar-refractivity contribution in [2.24, 2.45) is 0 Å². The fraction of sp³-hybridized carbons (Fsp3) is 0.667. The molecule has 0 amide bonds. The maximum atomic E-state index is 12.9. The third kappa shape index (κ3) is 22.4. The molecule has 0 saturated heterocycles. The van der Waals surface area contributed by atoms with Gasteiger partial charge in [-0.1, -0.05) is 95.6 Å². The van der Waals surface area contributed by atoms with Gasteiger partial charge >= 0.3 is 63.3 Å². The van der Waals surface area contributed by atoms with Gasteiger partial charge in [0.15, 0.2) is 0 Å².